The Morgan fingerprint density at radius 1 is 0.583 bits per heavy atom. The van der Waals surface area contributed by atoms with Crippen LogP contribution < -0.4 is 0 Å². The zero-order valence-electron chi connectivity index (χ0n) is 12.8. The van der Waals surface area contributed by atoms with Gasteiger partial charge in [0.15, 0.2) is 0 Å². The fraction of sp³-hybridized carbons (Fsp3) is 0.0526. The van der Waals surface area contributed by atoms with Crippen LogP contribution in [0.5, 0.6) is 0 Å². The van der Waals surface area contributed by atoms with Gasteiger partial charge in [0.2, 0.25) is 6.17 Å². The molecule has 0 atom stereocenters. The van der Waals surface area contributed by atoms with Crippen molar-refractivity contribution in [2.45, 2.75) is 6.17 Å². The highest BCUT2D eigenvalue weighted by Crippen LogP contribution is 2.25. The second-order valence-electron chi connectivity index (χ2n) is 5.03. The van der Waals surface area contributed by atoms with Crippen molar-refractivity contribution in [1.82, 2.24) is 0 Å². The smallest absolute Gasteiger partial charge is 0.154 e. The lowest BCUT2D eigenvalue weighted by molar-refractivity contribution is 0.689. The third-order valence-electron chi connectivity index (χ3n) is 3.25. The molecule has 0 aliphatic heterocycles. The molecule has 3 rings (SSSR count). The van der Waals surface area contributed by atoms with Crippen LogP contribution in [0.15, 0.2) is 105 Å². The molecule has 0 unspecified atom stereocenters. The number of azo groups is 2. The van der Waals surface area contributed by atoms with Crippen LogP contribution in [0.1, 0.15) is 11.7 Å². The standard InChI is InChI=1S/C19H15ClN4/c20-16-13-11-15(12-14-16)19(23-21-17-7-3-1-4-8-17)24-22-18-9-5-2-6-10-18/h1-14,19H. The van der Waals surface area contributed by atoms with Gasteiger partial charge in [-0.3, -0.25) is 0 Å². The monoisotopic (exact) mass is 334 g/mol. The molecule has 3 aromatic carbocycles. The van der Waals surface area contributed by atoms with Gasteiger partial charge in [-0.15, -0.1) is 0 Å². The van der Waals surface area contributed by atoms with Crippen LogP contribution in [-0.2, 0) is 0 Å². The lowest BCUT2D eigenvalue weighted by atomic mass is 10.2. The largest absolute Gasteiger partial charge is 0.206 e. The summed E-state index contributed by atoms with van der Waals surface area (Å²) in [7, 11) is 0. The lowest BCUT2D eigenvalue weighted by Gasteiger charge is -2.06. The van der Waals surface area contributed by atoms with E-state index in [2.05, 4.69) is 20.5 Å². The molecule has 0 amide bonds. The molecule has 0 saturated heterocycles. The molecule has 0 bridgehead atoms. The van der Waals surface area contributed by atoms with Crippen molar-refractivity contribution in [2.24, 2.45) is 20.5 Å². The minimum atomic E-state index is -0.525. The first-order valence-electron chi connectivity index (χ1n) is 7.48. The van der Waals surface area contributed by atoms with Crippen LogP contribution in [0, 0.1) is 0 Å². The summed E-state index contributed by atoms with van der Waals surface area (Å²) in [6, 6.07) is 26.4. The van der Waals surface area contributed by atoms with Crippen LogP contribution in [0.3, 0.4) is 0 Å². The molecule has 0 aromatic heterocycles. The Bertz CT molecular complexity index is 766. The van der Waals surface area contributed by atoms with Crippen molar-refractivity contribution in [3.05, 3.63) is 95.5 Å². The number of nitrogens with zero attached hydrogens (tertiary/aromatic N) is 4. The minimum absolute atomic E-state index is 0.525. The lowest BCUT2D eigenvalue weighted by Crippen LogP contribution is -1.89. The van der Waals surface area contributed by atoms with E-state index in [1.807, 2.05) is 72.8 Å². The molecule has 0 heterocycles. The highest BCUT2D eigenvalue weighted by atomic mass is 35.5. The summed E-state index contributed by atoms with van der Waals surface area (Å²) in [5.74, 6) is 0. The van der Waals surface area contributed by atoms with Crippen LogP contribution in [0.2, 0.25) is 5.02 Å². The number of rotatable bonds is 5. The number of hydrogen-bond acceptors (Lipinski definition) is 4. The Labute approximate surface area is 145 Å². The Kier molecular flexibility index (Phi) is 5.43. The topological polar surface area (TPSA) is 49.4 Å². The number of benzene rings is 3. The Morgan fingerprint density at radius 2 is 1.04 bits per heavy atom. The predicted octanol–water partition coefficient (Wildman–Crippen LogP) is 6.91. The molecule has 4 nitrogen and oxygen atoms in total. The van der Waals surface area contributed by atoms with Gasteiger partial charge in [-0.1, -0.05) is 60.1 Å². The molecule has 0 N–H and O–H groups in total. The summed E-state index contributed by atoms with van der Waals surface area (Å²) < 4.78 is 0. The number of hydrogen-bond donors (Lipinski definition) is 0. The molecule has 0 spiro atoms. The Hall–Kier alpha value is -2.85. The van der Waals surface area contributed by atoms with Crippen LogP contribution >= 0.6 is 11.6 Å². The van der Waals surface area contributed by atoms with Gasteiger partial charge in [-0.2, -0.15) is 20.5 Å². The molecule has 0 aliphatic carbocycles. The van der Waals surface area contributed by atoms with Crippen molar-refractivity contribution in [3.63, 3.8) is 0 Å². The van der Waals surface area contributed by atoms with Crippen molar-refractivity contribution in [2.75, 3.05) is 0 Å². The fourth-order valence-electron chi connectivity index (χ4n) is 2.02. The molecule has 5 heteroatoms. The van der Waals surface area contributed by atoms with Gasteiger partial charge in [-0.25, -0.2) is 0 Å². The summed E-state index contributed by atoms with van der Waals surface area (Å²) in [4.78, 5) is 0. The first-order valence-corrected chi connectivity index (χ1v) is 7.86. The maximum absolute atomic E-state index is 5.95. The van der Waals surface area contributed by atoms with E-state index in [1.54, 1.807) is 12.1 Å². The minimum Gasteiger partial charge on any atom is -0.154 e. The van der Waals surface area contributed by atoms with E-state index in [0.29, 0.717) is 5.02 Å². The molecule has 24 heavy (non-hydrogen) atoms. The van der Waals surface area contributed by atoms with Gasteiger partial charge in [0.05, 0.1) is 11.4 Å². The summed E-state index contributed by atoms with van der Waals surface area (Å²) in [6.07, 6.45) is -0.525. The van der Waals surface area contributed by atoms with Crippen molar-refractivity contribution >= 4 is 23.0 Å². The maximum Gasteiger partial charge on any atom is 0.206 e. The van der Waals surface area contributed by atoms with Crippen molar-refractivity contribution < 1.29 is 0 Å². The van der Waals surface area contributed by atoms with E-state index >= 15 is 0 Å². The van der Waals surface area contributed by atoms with E-state index < -0.39 is 6.17 Å². The fourth-order valence-corrected chi connectivity index (χ4v) is 2.15. The molecule has 0 fully saturated rings. The third kappa shape index (κ3) is 4.57. The Balaban J connectivity index is 1.87. The van der Waals surface area contributed by atoms with Gasteiger partial charge < -0.3 is 0 Å². The van der Waals surface area contributed by atoms with Gasteiger partial charge in [0.1, 0.15) is 0 Å². The normalized spacial score (nSPS) is 12.7. The van der Waals surface area contributed by atoms with Crippen LogP contribution in [0.25, 0.3) is 0 Å². The highest BCUT2D eigenvalue weighted by Gasteiger charge is 2.09. The maximum atomic E-state index is 5.95. The molecule has 118 valence electrons. The second kappa shape index (κ2) is 8.13. The zero-order valence-corrected chi connectivity index (χ0v) is 13.6. The summed E-state index contributed by atoms with van der Waals surface area (Å²) in [6.45, 7) is 0. The molecule has 0 radical (unpaired) electrons. The average Bonchev–Trinajstić information content (AvgIpc) is 2.64. The van der Waals surface area contributed by atoms with E-state index in [-0.39, 0.29) is 0 Å². The average molecular weight is 335 g/mol. The summed E-state index contributed by atoms with van der Waals surface area (Å²) >= 11 is 5.95. The highest BCUT2D eigenvalue weighted by molar-refractivity contribution is 6.30. The van der Waals surface area contributed by atoms with E-state index in [9.17, 15) is 0 Å². The summed E-state index contributed by atoms with van der Waals surface area (Å²) in [5, 5.41) is 17.8. The van der Waals surface area contributed by atoms with Crippen molar-refractivity contribution in [1.29, 1.82) is 0 Å². The first-order chi connectivity index (χ1) is 11.8. The molecule has 0 saturated carbocycles. The molecular weight excluding hydrogens is 320 g/mol. The third-order valence-corrected chi connectivity index (χ3v) is 3.50. The SMILES string of the molecule is Clc1ccc(C(N=Nc2ccccc2)N=Nc2ccccc2)cc1. The summed E-state index contributed by atoms with van der Waals surface area (Å²) in [5.41, 5.74) is 2.41. The van der Waals surface area contributed by atoms with Gasteiger partial charge in [0.25, 0.3) is 0 Å². The molecular formula is C19H15ClN4. The van der Waals surface area contributed by atoms with Gasteiger partial charge >= 0.3 is 0 Å². The van der Waals surface area contributed by atoms with Crippen molar-refractivity contribution in [3.8, 4) is 0 Å². The van der Waals surface area contributed by atoms with E-state index in [4.69, 9.17) is 11.6 Å². The van der Waals surface area contributed by atoms with Crippen LogP contribution in [0.4, 0.5) is 11.4 Å². The second-order valence-corrected chi connectivity index (χ2v) is 5.46. The van der Waals surface area contributed by atoms with Gasteiger partial charge in [0, 0.05) is 10.6 Å². The number of halogens is 1. The predicted molar refractivity (Wildman–Crippen MR) is 96.1 cm³/mol. The Morgan fingerprint density at radius 3 is 1.50 bits per heavy atom. The van der Waals surface area contributed by atoms with Gasteiger partial charge in [-0.05, 0) is 36.4 Å². The molecule has 0 aliphatic rings. The quantitative estimate of drug-likeness (QED) is 0.455. The van der Waals surface area contributed by atoms with E-state index in [1.165, 1.54) is 0 Å². The van der Waals surface area contributed by atoms with E-state index in [0.717, 1.165) is 16.9 Å². The zero-order chi connectivity index (χ0) is 16.6. The molecule has 3 aromatic rings. The van der Waals surface area contributed by atoms with Crippen LogP contribution in [-0.4, -0.2) is 0 Å². The first kappa shape index (κ1) is 16.0.